The Morgan fingerprint density at radius 3 is 2.62 bits per heavy atom. The molecule has 0 saturated heterocycles. The van der Waals surface area contributed by atoms with Gasteiger partial charge in [0, 0.05) is 11.4 Å². The number of hydrogen-bond donors (Lipinski definition) is 3. The van der Waals surface area contributed by atoms with Gasteiger partial charge >= 0.3 is 0 Å². The number of nitrogens with zero attached hydrogens (tertiary/aromatic N) is 1. The molecule has 0 amide bonds. The van der Waals surface area contributed by atoms with E-state index in [9.17, 15) is 0 Å². The van der Waals surface area contributed by atoms with Gasteiger partial charge in [0.15, 0.2) is 5.96 Å². The maximum atomic E-state index is 5.20. The van der Waals surface area contributed by atoms with E-state index in [1.54, 1.807) is 0 Å². The van der Waals surface area contributed by atoms with Gasteiger partial charge in [-0.3, -0.25) is 4.99 Å². The summed E-state index contributed by atoms with van der Waals surface area (Å²) in [6.07, 6.45) is 0.817. The highest BCUT2D eigenvalue weighted by Crippen LogP contribution is 2.12. The Kier molecular flexibility index (Phi) is 3.64. The molecule has 0 radical (unpaired) electrons. The Morgan fingerprint density at radius 2 is 2.00 bits per heavy atom. The Balaban J connectivity index is 2.55. The molecule has 13 heavy (non-hydrogen) atoms. The summed E-state index contributed by atoms with van der Waals surface area (Å²) in [5.41, 5.74) is 11.6. The van der Waals surface area contributed by atoms with E-state index >= 15 is 0 Å². The van der Waals surface area contributed by atoms with Crippen LogP contribution in [0.2, 0.25) is 0 Å². The fourth-order valence-corrected chi connectivity index (χ4v) is 1.30. The van der Waals surface area contributed by atoms with Gasteiger partial charge in [-0.1, -0.05) is 18.2 Å². The molecule has 70 valence electrons. The van der Waals surface area contributed by atoms with Crippen LogP contribution >= 0.6 is 12.6 Å². The van der Waals surface area contributed by atoms with Crippen LogP contribution in [0.4, 0.5) is 0 Å². The predicted molar refractivity (Wildman–Crippen MR) is 58.1 cm³/mol. The average molecular weight is 195 g/mol. The van der Waals surface area contributed by atoms with Crippen LogP contribution < -0.4 is 11.5 Å². The smallest absolute Gasteiger partial charge is 0.185 e. The highest BCUT2D eigenvalue weighted by Gasteiger charge is 1.95. The molecule has 0 heterocycles. The van der Waals surface area contributed by atoms with Crippen LogP contribution in [0.1, 0.15) is 5.56 Å². The van der Waals surface area contributed by atoms with Gasteiger partial charge in [-0.05, 0) is 18.1 Å². The average Bonchev–Trinajstić information content (AvgIpc) is 2.08. The molecule has 0 atom stereocenters. The summed E-state index contributed by atoms with van der Waals surface area (Å²) in [5.74, 6) is 0.136. The van der Waals surface area contributed by atoms with Gasteiger partial charge in [-0.2, -0.15) is 0 Å². The van der Waals surface area contributed by atoms with Crippen molar-refractivity contribution in [1.82, 2.24) is 0 Å². The van der Waals surface area contributed by atoms with Crippen LogP contribution in [0.25, 0.3) is 0 Å². The first-order valence-electron chi connectivity index (χ1n) is 4.02. The van der Waals surface area contributed by atoms with Crippen LogP contribution in [-0.4, -0.2) is 12.5 Å². The maximum Gasteiger partial charge on any atom is 0.185 e. The van der Waals surface area contributed by atoms with Gasteiger partial charge in [-0.25, -0.2) is 0 Å². The quantitative estimate of drug-likeness (QED) is 0.379. The van der Waals surface area contributed by atoms with Gasteiger partial charge in [0.1, 0.15) is 0 Å². The van der Waals surface area contributed by atoms with Crippen molar-refractivity contribution in [2.75, 3.05) is 6.54 Å². The van der Waals surface area contributed by atoms with E-state index in [0.717, 1.165) is 16.9 Å². The monoisotopic (exact) mass is 195 g/mol. The van der Waals surface area contributed by atoms with Crippen molar-refractivity contribution in [1.29, 1.82) is 0 Å². The van der Waals surface area contributed by atoms with Gasteiger partial charge in [0.25, 0.3) is 0 Å². The Labute approximate surface area is 83.3 Å². The third-order valence-electron chi connectivity index (χ3n) is 1.67. The van der Waals surface area contributed by atoms with Crippen molar-refractivity contribution >= 4 is 18.6 Å². The molecule has 4 N–H and O–H groups in total. The lowest BCUT2D eigenvalue weighted by Gasteiger charge is -2.01. The molecule has 1 aromatic carbocycles. The lowest BCUT2D eigenvalue weighted by molar-refractivity contribution is 0.940. The van der Waals surface area contributed by atoms with E-state index in [-0.39, 0.29) is 5.96 Å². The van der Waals surface area contributed by atoms with Crippen molar-refractivity contribution in [3.8, 4) is 0 Å². The first-order chi connectivity index (χ1) is 6.20. The van der Waals surface area contributed by atoms with Crippen molar-refractivity contribution in [3.05, 3.63) is 29.8 Å². The minimum absolute atomic E-state index is 0.136. The number of thiol groups is 1. The molecular weight excluding hydrogens is 182 g/mol. The molecule has 0 bridgehead atoms. The Morgan fingerprint density at radius 1 is 1.31 bits per heavy atom. The summed E-state index contributed by atoms with van der Waals surface area (Å²) in [4.78, 5) is 4.88. The van der Waals surface area contributed by atoms with Crippen molar-refractivity contribution in [2.45, 2.75) is 11.3 Å². The van der Waals surface area contributed by atoms with Crippen LogP contribution in [0.15, 0.2) is 34.2 Å². The predicted octanol–water partition coefficient (Wildman–Crippen LogP) is 0.791. The molecule has 0 aliphatic rings. The summed E-state index contributed by atoms with van der Waals surface area (Å²) in [6.45, 7) is 0.611. The molecule has 1 rings (SSSR count). The first-order valence-corrected chi connectivity index (χ1v) is 4.47. The molecule has 0 aliphatic carbocycles. The molecule has 0 saturated carbocycles. The van der Waals surface area contributed by atoms with Crippen LogP contribution in [0.5, 0.6) is 0 Å². The third kappa shape index (κ3) is 3.38. The lowest BCUT2D eigenvalue weighted by Crippen LogP contribution is -2.23. The number of rotatable bonds is 3. The van der Waals surface area contributed by atoms with Crippen LogP contribution in [0.3, 0.4) is 0 Å². The number of guanidine groups is 1. The normalized spacial score (nSPS) is 9.62. The second-order valence-electron chi connectivity index (χ2n) is 2.69. The zero-order chi connectivity index (χ0) is 9.68. The fourth-order valence-electron chi connectivity index (χ4n) is 1.03. The summed E-state index contributed by atoms with van der Waals surface area (Å²) in [5, 5.41) is 0. The zero-order valence-electron chi connectivity index (χ0n) is 7.27. The first kappa shape index (κ1) is 9.92. The van der Waals surface area contributed by atoms with Gasteiger partial charge in [0.2, 0.25) is 0 Å². The standard InChI is InChI=1S/C9H13N3S/c10-9(11)12-6-5-7-3-1-2-4-8(7)13/h1-4,13H,5-6H2,(H4,10,11,12). The minimum Gasteiger partial charge on any atom is -0.370 e. The van der Waals surface area contributed by atoms with E-state index in [0.29, 0.717) is 6.54 Å². The van der Waals surface area contributed by atoms with Gasteiger partial charge in [0.05, 0.1) is 0 Å². The zero-order valence-corrected chi connectivity index (χ0v) is 8.17. The summed E-state index contributed by atoms with van der Waals surface area (Å²) < 4.78 is 0. The molecule has 4 heteroatoms. The fraction of sp³-hybridized carbons (Fsp3) is 0.222. The lowest BCUT2D eigenvalue weighted by atomic mass is 10.1. The highest BCUT2D eigenvalue weighted by molar-refractivity contribution is 7.80. The molecule has 0 fully saturated rings. The van der Waals surface area contributed by atoms with E-state index in [2.05, 4.69) is 17.6 Å². The summed E-state index contributed by atoms with van der Waals surface area (Å²) in [7, 11) is 0. The topological polar surface area (TPSA) is 64.4 Å². The molecule has 0 aromatic heterocycles. The SMILES string of the molecule is NC(N)=NCCc1ccccc1S. The van der Waals surface area contributed by atoms with E-state index in [1.807, 2.05) is 24.3 Å². The number of hydrogen-bond acceptors (Lipinski definition) is 2. The van der Waals surface area contributed by atoms with Gasteiger partial charge in [-0.15, -0.1) is 12.6 Å². The van der Waals surface area contributed by atoms with Crippen LogP contribution in [-0.2, 0) is 6.42 Å². The molecule has 0 spiro atoms. The summed E-state index contributed by atoms with van der Waals surface area (Å²) in [6, 6.07) is 7.90. The van der Waals surface area contributed by atoms with Crippen LogP contribution in [0, 0.1) is 0 Å². The largest absolute Gasteiger partial charge is 0.370 e. The highest BCUT2D eigenvalue weighted by atomic mass is 32.1. The summed E-state index contributed by atoms with van der Waals surface area (Å²) >= 11 is 4.31. The Hall–Kier alpha value is -1.16. The molecule has 1 aromatic rings. The van der Waals surface area contributed by atoms with Gasteiger partial charge < -0.3 is 11.5 Å². The molecule has 0 aliphatic heterocycles. The van der Waals surface area contributed by atoms with Crippen molar-refractivity contribution in [2.24, 2.45) is 16.5 Å². The minimum atomic E-state index is 0.136. The third-order valence-corrected chi connectivity index (χ3v) is 2.10. The second-order valence-corrected chi connectivity index (χ2v) is 3.17. The van der Waals surface area contributed by atoms with Crippen molar-refractivity contribution in [3.63, 3.8) is 0 Å². The number of nitrogens with two attached hydrogens (primary N) is 2. The van der Waals surface area contributed by atoms with Crippen molar-refractivity contribution < 1.29 is 0 Å². The van der Waals surface area contributed by atoms with E-state index < -0.39 is 0 Å². The number of aliphatic imine (C=N–C) groups is 1. The molecule has 3 nitrogen and oxygen atoms in total. The Bertz CT molecular complexity index is 305. The maximum absolute atomic E-state index is 5.20. The van der Waals surface area contributed by atoms with E-state index in [4.69, 9.17) is 11.5 Å². The number of benzene rings is 1. The molecular formula is C9H13N3S. The molecule has 0 unspecified atom stereocenters. The van der Waals surface area contributed by atoms with E-state index in [1.165, 1.54) is 0 Å². The second kappa shape index (κ2) is 4.77.